The monoisotopic (exact) mass is 289 g/mol. The van der Waals surface area contributed by atoms with Crippen molar-refractivity contribution in [1.29, 1.82) is 0 Å². The van der Waals surface area contributed by atoms with Crippen molar-refractivity contribution in [3.63, 3.8) is 0 Å². The third-order valence-corrected chi connectivity index (χ3v) is 4.55. The van der Waals surface area contributed by atoms with Gasteiger partial charge in [-0.05, 0) is 64.2 Å². The van der Waals surface area contributed by atoms with E-state index < -0.39 is 0 Å². The molecule has 1 aromatic rings. The van der Waals surface area contributed by atoms with Crippen molar-refractivity contribution in [3.8, 4) is 0 Å². The molecule has 0 bridgehead atoms. The van der Waals surface area contributed by atoms with Crippen LogP contribution in [0.3, 0.4) is 0 Å². The van der Waals surface area contributed by atoms with Gasteiger partial charge in [0.2, 0.25) is 0 Å². The van der Waals surface area contributed by atoms with E-state index in [0.29, 0.717) is 12.1 Å². The summed E-state index contributed by atoms with van der Waals surface area (Å²) in [4.78, 5) is 4.94. The summed E-state index contributed by atoms with van der Waals surface area (Å²) in [6.45, 7) is 9.03. The van der Waals surface area contributed by atoms with Crippen molar-refractivity contribution in [2.24, 2.45) is 0 Å². The molecule has 1 aliphatic rings. The Morgan fingerprint density at radius 2 is 1.90 bits per heavy atom. The van der Waals surface area contributed by atoms with E-state index in [4.69, 9.17) is 0 Å². The summed E-state index contributed by atoms with van der Waals surface area (Å²) in [5, 5.41) is 3.71. The van der Waals surface area contributed by atoms with Crippen molar-refractivity contribution in [2.75, 3.05) is 40.3 Å². The number of hydrogen-bond acceptors (Lipinski definition) is 3. The molecule has 0 saturated carbocycles. The van der Waals surface area contributed by atoms with Crippen molar-refractivity contribution >= 4 is 0 Å². The van der Waals surface area contributed by atoms with E-state index in [1.807, 2.05) is 0 Å². The Morgan fingerprint density at radius 3 is 2.57 bits per heavy atom. The maximum Gasteiger partial charge on any atom is 0.0484 e. The molecule has 1 N–H and O–H groups in total. The second-order valence-corrected chi connectivity index (χ2v) is 6.29. The minimum absolute atomic E-state index is 0.491. The molecule has 2 atom stereocenters. The number of likely N-dealkylation sites (N-methyl/N-ethyl adjacent to an activating group) is 2. The molecule has 0 aromatic heterocycles. The van der Waals surface area contributed by atoms with E-state index in [1.54, 1.807) is 0 Å². The molecule has 2 rings (SSSR count). The zero-order valence-corrected chi connectivity index (χ0v) is 14.1. The van der Waals surface area contributed by atoms with Crippen molar-refractivity contribution in [1.82, 2.24) is 15.1 Å². The van der Waals surface area contributed by atoms with Gasteiger partial charge in [-0.2, -0.15) is 0 Å². The number of nitrogens with one attached hydrogen (secondary N) is 1. The second-order valence-electron chi connectivity index (χ2n) is 6.29. The molecule has 0 fully saturated rings. The average Bonchev–Trinajstić information content (AvgIpc) is 2.83. The van der Waals surface area contributed by atoms with Crippen LogP contribution >= 0.6 is 0 Å². The van der Waals surface area contributed by atoms with Crippen molar-refractivity contribution in [3.05, 3.63) is 35.4 Å². The number of nitrogens with zero attached hydrogens (tertiary/aromatic N) is 2. The van der Waals surface area contributed by atoms with E-state index in [9.17, 15) is 0 Å². The second kappa shape index (κ2) is 7.92. The zero-order valence-electron chi connectivity index (χ0n) is 14.1. The fraction of sp³-hybridized carbons (Fsp3) is 0.667. The Morgan fingerprint density at radius 1 is 1.14 bits per heavy atom. The molecule has 0 saturated heterocycles. The smallest absolute Gasteiger partial charge is 0.0484 e. The van der Waals surface area contributed by atoms with E-state index >= 15 is 0 Å². The van der Waals surface area contributed by atoms with Crippen LogP contribution in [-0.4, -0.2) is 56.1 Å². The van der Waals surface area contributed by atoms with Crippen LogP contribution in [-0.2, 0) is 6.42 Å². The highest BCUT2D eigenvalue weighted by atomic mass is 15.2. The van der Waals surface area contributed by atoms with Gasteiger partial charge in [0.25, 0.3) is 0 Å². The molecule has 0 spiro atoms. The van der Waals surface area contributed by atoms with Crippen LogP contribution in [0.4, 0.5) is 0 Å². The predicted octanol–water partition coefficient (Wildman–Crippen LogP) is 2.54. The van der Waals surface area contributed by atoms with Crippen LogP contribution in [0.2, 0.25) is 0 Å². The Balaban J connectivity index is 2.06. The third kappa shape index (κ3) is 4.06. The summed E-state index contributed by atoms with van der Waals surface area (Å²) in [6, 6.07) is 10.0. The van der Waals surface area contributed by atoms with Crippen LogP contribution in [0, 0.1) is 0 Å². The van der Waals surface area contributed by atoms with Gasteiger partial charge in [-0.15, -0.1) is 0 Å². The number of hydrogen-bond donors (Lipinski definition) is 1. The molecule has 1 aromatic carbocycles. The highest BCUT2D eigenvalue weighted by molar-refractivity contribution is 5.37. The van der Waals surface area contributed by atoms with E-state index in [0.717, 1.165) is 13.1 Å². The molecule has 2 unspecified atom stereocenters. The first-order chi connectivity index (χ1) is 10.2. The van der Waals surface area contributed by atoms with Crippen LogP contribution in [0.15, 0.2) is 24.3 Å². The average molecular weight is 289 g/mol. The molecule has 0 radical (unpaired) electrons. The Kier molecular flexibility index (Phi) is 6.22. The lowest BCUT2D eigenvalue weighted by atomic mass is 10.1. The minimum Gasteiger partial charge on any atom is -0.309 e. The normalized spacial score (nSPS) is 21.2. The maximum atomic E-state index is 3.71. The van der Waals surface area contributed by atoms with Gasteiger partial charge >= 0.3 is 0 Å². The summed E-state index contributed by atoms with van der Waals surface area (Å²) >= 11 is 0. The van der Waals surface area contributed by atoms with Gasteiger partial charge in [0, 0.05) is 12.1 Å². The van der Waals surface area contributed by atoms with Gasteiger partial charge in [-0.1, -0.05) is 38.1 Å². The van der Waals surface area contributed by atoms with Crippen LogP contribution < -0.4 is 5.32 Å². The van der Waals surface area contributed by atoms with Gasteiger partial charge in [0.05, 0.1) is 0 Å². The summed E-state index contributed by atoms with van der Waals surface area (Å²) < 4.78 is 0. The fourth-order valence-corrected chi connectivity index (χ4v) is 3.53. The van der Waals surface area contributed by atoms with Crippen LogP contribution in [0.5, 0.6) is 0 Å². The Bertz CT molecular complexity index is 430. The minimum atomic E-state index is 0.491. The molecule has 118 valence electrons. The molecule has 3 heteroatoms. The third-order valence-electron chi connectivity index (χ3n) is 4.55. The van der Waals surface area contributed by atoms with E-state index in [2.05, 4.69) is 67.3 Å². The van der Waals surface area contributed by atoms with Gasteiger partial charge in [-0.3, -0.25) is 4.90 Å². The molecule has 21 heavy (non-hydrogen) atoms. The topological polar surface area (TPSA) is 18.5 Å². The van der Waals surface area contributed by atoms with Gasteiger partial charge < -0.3 is 10.2 Å². The van der Waals surface area contributed by atoms with Crippen LogP contribution in [0.1, 0.15) is 37.4 Å². The van der Waals surface area contributed by atoms with Gasteiger partial charge in [-0.25, -0.2) is 0 Å². The van der Waals surface area contributed by atoms with E-state index in [1.165, 1.54) is 37.1 Å². The highest BCUT2D eigenvalue weighted by Crippen LogP contribution is 2.34. The summed E-state index contributed by atoms with van der Waals surface area (Å²) in [5.74, 6) is 0. The predicted molar refractivity (Wildman–Crippen MR) is 90.8 cm³/mol. The summed E-state index contributed by atoms with van der Waals surface area (Å²) in [7, 11) is 4.31. The quantitative estimate of drug-likeness (QED) is 0.793. The van der Waals surface area contributed by atoms with Crippen molar-refractivity contribution < 1.29 is 0 Å². The lowest BCUT2D eigenvalue weighted by molar-refractivity contribution is 0.167. The molecular weight excluding hydrogens is 258 g/mol. The molecule has 1 aliphatic carbocycles. The number of fused-ring (bicyclic) bond motifs is 1. The molecule has 3 nitrogen and oxygen atoms in total. The lowest BCUT2D eigenvalue weighted by Crippen LogP contribution is -2.43. The first kappa shape index (κ1) is 16.5. The molecular formula is C18H31N3. The fourth-order valence-electron chi connectivity index (χ4n) is 3.53. The number of rotatable bonds is 8. The van der Waals surface area contributed by atoms with E-state index in [-0.39, 0.29) is 0 Å². The SMILES string of the molecule is CCNC1c2ccccc2CC1N(CC)CCCN(C)C. The lowest BCUT2D eigenvalue weighted by Gasteiger charge is -2.33. The molecule has 0 heterocycles. The first-order valence-corrected chi connectivity index (χ1v) is 8.37. The standard InChI is InChI=1S/C18H31N3/c1-5-19-18-16-11-8-7-10-15(16)14-17(18)21(6-2)13-9-12-20(3)4/h7-8,10-11,17-19H,5-6,9,12-14H2,1-4H3. The first-order valence-electron chi connectivity index (χ1n) is 8.37. The summed E-state index contributed by atoms with van der Waals surface area (Å²) in [5.41, 5.74) is 3.04. The number of benzene rings is 1. The van der Waals surface area contributed by atoms with Crippen molar-refractivity contribution in [2.45, 2.75) is 38.8 Å². The van der Waals surface area contributed by atoms with Gasteiger partial charge in [0.15, 0.2) is 0 Å². The Labute approximate surface area is 130 Å². The van der Waals surface area contributed by atoms with Gasteiger partial charge in [0.1, 0.15) is 0 Å². The zero-order chi connectivity index (χ0) is 15.2. The highest BCUT2D eigenvalue weighted by Gasteiger charge is 2.34. The molecule has 0 aliphatic heterocycles. The molecule has 0 amide bonds. The largest absolute Gasteiger partial charge is 0.309 e. The summed E-state index contributed by atoms with van der Waals surface area (Å²) in [6.07, 6.45) is 2.43. The maximum absolute atomic E-state index is 3.71. The Hall–Kier alpha value is -0.900. The van der Waals surface area contributed by atoms with Crippen LogP contribution in [0.25, 0.3) is 0 Å².